The number of hydrogen-bond donors (Lipinski definition) is 2. The van der Waals surface area contributed by atoms with Gasteiger partial charge in [-0.3, -0.25) is 15.0 Å². The van der Waals surface area contributed by atoms with E-state index in [1.54, 1.807) is 12.1 Å². The summed E-state index contributed by atoms with van der Waals surface area (Å²) in [5, 5.41) is 10.9. The molecule has 1 aromatic rings. The molecule has 1 heterocycles. The predicted molar refractivity (Wildman–Crippen MR) is 58.9 cm³/mol. The minimum Gasteiger partial charge on any atom is -0.478 e. The average molecular weight is 234 g/mol. The molecule has 6 nitrogen and oxygen atoms in total. The van der Waals surface area contributed by atoms with Crippen LogP contribution in [0.2, 0.25) is 0 Å². The van der Waals surface area contributed by atoms with Crippen LogP contribution in [0.25, 0.3) is 0 Å². The highest BCUT2D eigenvalue weighted by atomic mass is 16.4. The van der Waals surface area contributed by atoms with E-state index >= 15 is 0 Å². The summed E-state index contributed by atoms with van der Waals surface area (Å²) in [6.45, 7) is 0.303. The highest BCUT2D eigenvalue weighted by Gasteiger charge is 2.24. The van der Waals surface area contributed by atoms with Crippen LogP contribution in [0.1, 0.15) is 16.8 Å². The van der Waals surface area contributed by atoms with Crippen LogP contribution in [0, 0.1) is 0 Å². The van der Waals surface area contributed by atoms with E-state index in [1.165, 1.54) is 17.0 Å². The lowest BCUT2D eigenvalue weighted by molar-refractivity contribution is -0.120. The number of rotatable bonds is 2. The van der Waals surface area contributed by atoms with Gasteiger partial charge in [0.05, 0.1) is 5.56 Å². The molecule has 1 fully saturated rings. The van der Waals surface area contributed by atoms with Gasteiger partial charge in [0, 0.05) is 18.7 Å². The second-order valence-corrected chi connectivity index (χ2v) is 3.61. The molecule has 0 bridgehead atoms. The van der Waals surface area contributed by atoms with Crippen molar-refractivity contribution in [3.63, 3.8) is 0 Å². The Kier molecular flexibility index (Phi) is 2.78. The third kappa shape index (κ3) is 2.25. The van der Waals surface area contributed by atoms with Crippen molar-refractivity contribution >= 4 is 23.6 Å². The van der Waals surface area contributed by atoms with E-state index in [-0.39, 0.29) is 17.9 Å². The number of carbonyl (C=O) groups excluding carboxylic acids is 2. The first-order valence-electron chi connectivity index (χ1n) is 5.02. The summed E-state index contributed by atoms with van der Waals surface area (Å²) >= 11 is 0. The summed E-state index contributed by atoms with van der Waals surface area (Å²) < 4.78 is 0. The van der Waals surface area contributed by atoms with Gasteiger partial charge in [-0.15, -0.1) is 0 Å². The maximum atomic E-state index is 11.5. The van der Waals surface area contributed by atoms with Crippen LogP contribution in [0.15, 0.2) is 24.3 Å². The van der Waals surface area contributed by atoms with Gasteiger partial charge in [0.2, 0.25) is 5.91 Å². The molecule has 1 saturated heterocycles. The molecule has 1 aliphatic heterocycles. The number of hydrogen-bond acceptors (Lipinski definition) is 3. The number of anilines is 1. The third-order valence-corrected chi connectivity index (χ3v) is 2.48. The molecule has 0 spiro atoms. The monoisotopic (exact) mass is 234 g/mol. The summed E-state index contributed by atoms with van der Waals surface area (Å²) in [5.41, 5.74) is 0.724. The SMILES string of the molecule is O=C1CCN(c2ccc(C(=O)O)cc2)C(=O)N1. The fourth-order valence-corrected chi connectivity index (χ4v) is 1.59. The molecule has 17 heavy (non-hydrogen) atoms. The number of amides is 3. The van der Waals surface area contributed by atoms with Crippen LogP contribution in [-0.4, -0.2) is 29.6 Å². The summed E-state index contributed by atoms with van der Waals surface area (Å²) in [4.78, 5) is 34.5. The van der Waals surface area contributed by atoms with Crippen LogP contribution in [0.3, 0.4) is 0 Å². The average Bonchev–Trinajstić information content (AvgIpc) is 2.29. The van der Waals surface area contributed by atoms with E-state index in [1.807, 2.05) is 0 Å². The van der Waals surface area contributed by atoms with Gasteiger partial charge >= 0.3 is 12.0 Å². The summed E-state index contributed by atoms with van der Waals surface area (Å²) in [6, 6.07) is 5.43. The number of carboxylic acid groups (broad SMARTS) is 1. The van der Waals surface area contributed by atoms with Crippen molar-refractivity contribution in [3.05, 3.63) is 29.8 Å². The molecule has 2 rings (SSSR count). The Morgan fingerprint density at radius 1 is 1.24 bits per heavy atom. The molecule has 0 unspecified atom stereocenters. The van der Waals surface area contributed by atoms with E-state index in [0.29, 0.717) is 12.2 Å². The normalized spacial score (nSPS) is 15.6. The first kappa shape index (κ1) is 11.1. The summed E-state index contributed by atoms with van der Waals surface area (Å²) in [7, 11) is 0. The number of aromatic carboxylic acids is 1. The zero-order chi connectivity index (χ0) is 12.4. The van der Waals surface area contributed by atoms with Crippen LogP contribution in [0.4, 0.5) is 10.5 Å². The number of benzene rings is 1. The highest BCUT2D eigenvalue weighted by molar-refractivity contribution is 6.05. The summed E-state index contributed by atoms with van der Waals surface area (Å²) in [5.74, 6) is -1.32. The Bertz CT molecular complexity index is 481. The molecular formula is C11H10N2O4. The Morgan fingerprint density at radius 3 is 2.41 bits per heavy atom. The second kappa shape index (κ2) is 4.25. The van der Waals surface area contributed by atoms with E-state index < -0.39 is 12.0 Å². The van der Waals surface area contributed by atoms with Crippen molar-refractivity contribution in [2.24, 2.45) is 0 Å². The largest absolute Gasteiger partial charge is 0.478 e. The topological polar surface area (TPSA) is 86.7 Å². The quantitative estimate of drug-likeness (QED) is 0.793. The van der Waals surface area contributed by atoms with E-state index in [9.17, 15) is 14.4 Å². The lowest BCUT2D eigenvalue weighted by atomic mass is 10.2. The molecule has 1 aliphatic rings. The molecular weight excluding hydrogens is 224 g/mol. The van der Waals surface area contributed by atoms with Crippen LogP contribution < -0.4 is 10.2 Å². The third-order valence-electron chi connectivity index (χ3n) is 2.48. The number of nitrogens with zero attached hydrogens (tertiary/aromatic N) is 1. The van der Waals surface area contributed by atoms with Crippen molar-refractivity contribution in [1.29, 1.82) is 0 Å². The number of carboxylic acids is 1. The Hall–Kier alpha value is -2.37. The first-order valence-corrected chi connectivity index (χ1v) is 5.02. The molecule has 3 amide bonds. The second-order valence-electron chi connectivity index (χ2n) is 3.61. The van der Waals surface area contributed by atoms with Gasteiger partial charge in [0.1, 0.15) is 0 Å². The van der Waals surface area contributed by atoms with Crippen molar-refractivity contribution in [2.45, 2.75) is 6.42 Å². The zero-order valence-electron chi connectivity index (χ0n) is 8.84. The number of imide groups is 1. The molecule has 88 valence electrons. The molecule has 0 atom stereocenters. The molecule has 0 radical (unpaired) electrons. The van der Waals surface area contributed by atoms with E-state index in [0.717, 1.165) is 0 Å². The van der Waals surface area contributed by atoms with Crippen LogP contribution in [0.5, 0.6) is 0 Å². The van der Waals surface area contributed by atoms with Crippen LogP contribution >= 0.6 is 0 Å². The minimum atomic E-state index is -1.02. The Balaban J connectivity index is 2.20. The van der Waals surface area contributed by atoms with E-state index in [4.69, 9.17) is 5.11 Å². The van der Waals surface area contributed by atoms with Crippen molar-refractivity contribution in [2.75, 3.05) is 11.4 Å². The molecule has 0 aliphatic carbocycles. The number of nitrogens with one attached hydrogen (secondary N) is 1. The molecule has 6 heteroatoms. The maximum Gasteiger partial charge on any atom is 0.335 e. The lowest BCUT2D eigenvalue weighted by Crippen LogP contribution is -2.49. The van der Waals surface area contributed by atoms with E-state index in [2.05, 4.69) is 5.32 Å². The summed E-state index contributed by atoms with van der Waals surface area (Å²) in [6.07, 6.45) is 0.242. The Labute approximate surface area is 96.8 Å². The molecule has 2 N–H and O–H groups in total. The van der Waals surface area contributed by atoms with Gasteiger partial charge < -0.3 is 5.11 Å². The number of urea groups is 1. The fourth-order valence-electron chi connectivity index (χ4n) is 1.59. The number of carbonyl (C=O) groups is 3. The first-order chi connectivity index (χ1) is 8.08. The maximum absolute atomic E-state index is 11.5. The van der Waals surface area contributed by atoms with Crippen molar-refractivity contribution < 1.29 is 19.5 Å². The standard InChI is InChI=1S/C11H10N2O4/c14-9-5-6-13(11(17)12-9)8-3-1-7(2-4-8)10(15)16/h1-4H,5-6H2,(H,15,16)(H,12,14,17). The van der Waals surface area contributed by atoms with Gasteiger partial charge in [0.25, 0.3) is 0 Å². The van der Waals surface area contributed by atoms with Crippen molar-refractivity contribution in [3.8, 4) is 0 Å². The van der Waals surface area contributed by atoms with Gasteiger partial charge in [0.15, 0.2) is 0 Å². The predicted octanol–water partition coefficient (Wildman–Crippen LogP) is 0.831. The molecule has 0 saturated carbocycles. The minimum absolute atomic E-state index is 0.155. The lowest BCUT2D eigenvalue weighted by Gasteiger charge is -2.26. The Morgan fingerprint density at radius 2 is 1.88 bits per heavy atom. The zero-order valence-corrected chi connectivity index (χ0v) is 8.84. The van der Waals surface area contributed by atoms with Gasteiger partial charge in [-0.1, -0.05) is 0 Å². The van der Waals surface area contributed by atoms with Crippen molar-refractivity contribution in [1.82, 2.24) is 5.32 Å². The molecule has 0 aromatic heterocycles. The van der Waals surface area contributed by atoms with Gasteiger partial charge in [-0.25, -0.2) is 9.59 Å². The highest BCUT2D eigenvalue weighted by Crippen LogP contribution is 2.17. The van der Waals surface area contributed by atoms with Crippen LogP contribution in [-0.2, 0) is 4.79 Å². The van der Waals surface area contributed by atoms with Gasteiger partial charge in [-0.2, -0.15) is 0 Å². The smallest absolute Gasteiger partial charge is 0.335 e. The van der Waals surface area contributed by atoms with Gasteiger partial charge in [-0.05, 0) is 24.3 Å². The molecule has 1 aromatic carbocycles. The fraction of sp³-hybridized carbons (Fsp3) is 0.182.